The first-order chi connectivity index (χ1) is 10.1. The monoisotopic (exact) mass is 295 g/mol. The third kappa shape index (κ3) is 4.16. The fraction of sp³-hybridized carbons (Fsp3) is 0.429. The lowest BCUT2D eigenvalue weighted by atomic mass is 10.2. The lowest BCUT2D eigenvalue weighted by Crippen LogP contribution is -2.44. The highest BCUT2D eigenvalue weighted by Crippen LogP contribution is 2.21. The van der Waals surface area contributed by atoms with Crippen molar-refractivity contribution in [2.24, 2.45) is 0 Å². The number of anilines is 1. The van der Waals surface area contributed by atoms with Crippen LogP contribution in [0.2, 0.25) is 0 Å². The first kappa shape index (κ1) is 15.2. The van der Waals surface area contributed by atoms with Gasteiger partial charge >= 0.3 is 6.03 Å². The van der Waals surface area contributed by atoms with Crippen molar-refractivity contribution < 1.29 is 18.7 Å². The molecule has 2 rings (SSSR count). The van der Waals surface area contributed by atoms with Gasteiger partial charge in [-0.1, -0.05) is 0 Å². The zero-order valence-electron chi connectivity index (χ0n) is 11.8. The summed E-state index contributed by atoms with van der Waals surface area (Å²) in [4.78, 5) is 25.1. The molecule has 0 radical (unpaired) electrons. The van der Waals surface area contributed by atoms with Gasteiger partial charge in [0.25, 0.3) is 0 Å². The number of methoxy groups -OCH3 is 1. The molecule has 114 valence electrons. The smallest absolute Gasteiger partial charge is 0.315 e. The van der Waals surface area contributed by atoms with Crippen LogP contribution >= 0.6 is 0 Å². The van der Waals surface area contributed by atoms with Gasteiger partial charge in [0, 0.05) is 32.3 Å². The Hall–Kier alpha value is -2.15. The Morgan fingerprint density at radius 1 is 1.43 bits per heavy atom. The predicted molar refractivity (Wildman–Crippen MR) is 75.6 cm³/mol. The van der Waals surface area contributed by atoms with Crippen LogP contribution in [-0.4, -0.2) is 44.8 Å². The zero-order valence-corrected chi connectivity index (χ0v) is 11.8. The lowest BCUT2D eigenvalue weighted by Gasteiger charge is -2.17. The number of halogens is 1. The van der Waals surface area contributed by atoms with Gasteiger partial charge in [0.05, 0.1) is 12.6 Å². The van der Waals surface area contributed by atoms with Crippen molar-refractivity contribution in [3.05, 3.63) is 30.1 Å². The van der Waals surface area contributed by atoms with E-state index in [2.05, 4.69) is 10.6 Å². The number of carbonyl (C=O) groups is 2. The van der Waals surface area contributed by atoms with Gasteiger partial charge in [-0.15, -0.1) is 0 Å². The molecule has 2 N–H and O–H groups in total. The van der Waals surface area contributed by atoms with Gasteiger partial charge in [-0.3, -0.25) is 4.79 Å². The number of nitrogens with one attached hydrogen (secondary N) is 2. The van der Waals surface area contributed by atoms with Crippen LogP contribution in [0, 0.1) is 5.82 Å². The average molecular weight is 295 g/mol. The quantitative estimate of drug-likeness (QED) is 0.792. The minimum atomic E-state index is -0.349. The van der Waals surface area contributed by atoms with E-state index in [1.165, 1.54) is 12.1 Å². The van der Waals surface area contributed by atoms with Crippen molar-refractivity contribution in [3.8, 4) is 0 Å². The van der Waals surface area contributed by atoms with Crippen LogP contribution in [-0.2, 0) is 9.53 Å². The molecule has 0 spiro atoms. The summed E-state index contributed by atoms with van der Waals surface area (Å²) < 4.78 is 17.7. The molecule has 0 saturated carbocycles. The van der Waals surface area contributed by atoms with E-state index in [9.17, 15) is 14.0 Å². The Labute approximate surface area is 122 Å². The minimum Gasteiger partial charge on any atom is -0.383 e. The maximum Gasteiger partial charge on any atom is 0.315 e. The molecule has 0 aromatic heterocycles. The third-order valence-corrected chi connectivity index (χ3v) is 3.19. The molecule has 1 aliphatic heterocycles. The molecule has 0 unspecified atom stereocenters. The maximum absolute atomic E-state index is 12.9. The van der Waals surface area contributed by atoms with Gasteiger partial charge in [0.2, 0.25) is 5.91 Å². The summed E-state index contributed by atoms with van der Waals surface area (Å²) in [7, 11) is 1.55. The lowest BCUT2D eigenvalue weighted by molar-refractivity contribution is -0.117. The van der Waals surface area contributed by atoms with Crippen molar-refractivity contribution in [2.75, 3.05) is 31.7 Å². The van der Waals surface area contributed by atoms with Crippen molar-refractivity contribution in [1.82, 2.24) is 10.6 Å². The summed E-state index contributed by atoms with van der Waals surface area (Å²) in [6, 6.07) is 5.13. The molecule has 3 amide bonds. The maximum atomic E-state index is 12.9. The predicted octanol–water partition coefficient (Wildman–Crippen LogP) is 0.877. The summed E-state index contributed by atoms with van der Waals surface area (Å²) in [5.74, 6) is -0.443. The fourth-order valence-electron chi connectivity index (χ4n) is 2.18. The van der Waals surface area contributed by atoms with E-state index in [0.29, 0.717) is 25.4 Å². The summed E-state index contributed by atoms with van der Waals surface area (Å²) in [6.07, 6.45) is 0.231. The first-order valence-corrected chi connectivity index (χ1v) is 6.69. The second-order valence-corrected chi connectivity index (χ2v) is 4.77. The van der Waals surface area contributed by atoms with E-state index >= 15 is 0 Å². The van der Waals surface area contributed by atoms with Crippen molar-refractivity contribution in [3.63, 3.8) is 0 Å². The molecule has 6 nitrogen and oxygen atoms in total. The highest BCUT2D eigenvalue weighted by atomic mass is 19.1. The molecule has 7 heteroatoms. The van der Waals surface area contributed by atoms with E-state index in [1.54, 1.807) is 24.1 Å². The van der Waals surface area contributed by atoms with Gasteiger partial charge in [-0.05, 0) is 24.3 Å². The van der Waals surface area contributed by atoms with Crippen molar-refractivity contribution in [1.29, 1.82) is 0 Å². The molecular formula is C14H18FN3O3. The second-order valence-electron chi connectivity index (χ2n) is 4.77. The second kappa shape index (κ2) is 7.03. The Kier molecular flexibility index (Phi) is 5.10. The molecule has 0 aliphatic carbocycles. The molecule has 0 bridgehead atoms. The molecule has 1 atom stereocenters. The number of carbonyl (C=O) groups excluding carboxylic acids is 2. The van der Waals surface area contributed by atoms with E-state index in [-0.39, 0.29) is 30.2 Å². The number of hydrogen-bond acceptors (Lipinski definition) is 3. The van der Waals surface area contributed by atoms with Crippen LogP contribution in [0.3, 0.4) is 0 Å². The van der Waals surface area contributed by atoms with Crippen LogP contribution in [0.25, 0.3) is 0 Å². The van der Waals surface area contributed by atoms with Crippen LogP contribution < -0.4 is 15.5 Å². The number of nitrogens with zero attached hydrogens (tertiary/aromatic N) is 1. The molecule has 21 heavy (non-hydrogen) atoms. The van der Waals surface area contributed by atoms with E-state index in [0.717, 1.165) is 0 Å². The standard InChI is InChI=1S/C14H18FN3O3/c1-21-7-6-16-14(20)17-11-8-13(19)18(9-11)12-4-2-10(15)3-5-12/h2-5,11H,6-9H2,1H3,(H2,16,17,20)/t11-/m0/s1. The summed E-state index contributed by atoms with van der Waals surface area (Å²) >= 11 is 0. The van der Waals surface area contributed by atoms with E-state index in [1.807, 2.05) is 0 Å². The van der Waals surface area contributed by atoms with Gasteiger partial charge < -0.3 is 20.3 Å². The Balaban J connectivity index is 1.87. The number of urea groups is 1. The molecule has 1 aromatic carbocycles. The zero-order chi connectivity index (χ0) is 15.2. The van der Waals surface area contributed by atoms with E-state index in [4.69, 9.17) is 4.74 Å². The highest BCUT2D eigenvalue weighted by Gasteiger charge is 2.31. The van der Waals surface area contributed by atoms with Gasteiger partial charge in [-0.2, -0.15) is 0 Å². The van der Waals surface area contributed by atoms with Crippen molar-refractivity contribution in [2.45, 2.75) is 12.5 Å². The number of amides is 3. The summed E-state index contributed by atoms with van der Waals surface area (Å²) in [5, 5.41) is 5.37. The van der Waals surface area contributed by atoms with Crippen molar-refractivity contribution >= 4 is 17.6 Å². The summed E-state index contributed by atoms with van der Waals surface area (Å²) in [5.41, 5.74) is 0.630. The molecular weight excluding hydrogens is 277 g/mol. The van der Waals surface area contributed by atoms with Crippen LogP contribution in [0.15, 0.2) is 24.3 Å². The van der Waals surface area contributed by atoms with Crippen LogP contribution in [0.4, 0.5) is 14.9 Å². The Morgan fingerprint density at radius 3 is 2.81 bits per heavy atom. The SMILES string of the molecule is COCCNC(=O)N[C@H]1CC(=O)N(c2ccc(F)cc2)C1. The average Bonchev–Trinajstić information content (AvgIpc) is 2.80. The topological polar surface area (TPSA) is 70.7 Å². The molecule has 1 fully saturated rings. The van der Waals surface area contributed by atoms with E-state index < -0.39 is 0 Å². The number of rotatable bonds is 5. The molecule has 1 aromatic rings. The molecule has 1 saturated heterocycles. The molecule has 1 aliphatic rings. The van der Waals surface area contributed by atoms with Gasteiger partial charge in [-0.25, -0.2) is 9.18 Å². The number of hydrogen-bond donors (Lipinski definition) is 2. The van der Waals surface area contributed by atoms with Crippen LogP contribution in [0.1, 0.15) is 6.42 Å². The normalized spacial score (nSPS) is 17.9. The number of ether oxygens (including phenoxy) is 1. The van der Waals surface area contributed by atoms with Gasteiger partial charge in [0.15, 0.2) is 0 Å². The number of benzene rings is 1. The minimum absolute atomic E-state index is 0.0937. The highest BCUT2D eigenvalue weighted by molar-refractivity contribution is 5.96. The molecule has 1 heterocycles. The Morgan fingerprint density at radius 2 is 2.14 bits per heavy atom. The van der Waals surface area contributed by atoms with Crippen LogP contribution in [0.5, 0.6) is 0 Å². The summed E-state index contributed by atoms with van der Waals surface area (Å²) in [6.45, 7) is 1.21. The first-order valence-electron chi connectivity index (χ1n) is 6.69. The Bertz CT molecular complexity index is 507. The third-order valence-electron chi connectivity index (χ3n) is 3.19. The largest absolute Gasteiger partial charge is 0.383 e. The van der Waals surface area contributed by atoms with Gasteiger partial charge in [0.1, 0.15) is 5.82 Å². The fourth-order valence-corrected chi connectivity index (χ4v) is 2.18.